The molecule has 0 aromatic heterocycles. The molecule has 2 heterocycles. The van der Waals surface area contributed by atoms with Crippen molar-refractivity contribution < 1.29 is 29.0 Å². The van der Waals surface area contributed by atoms with E-state index in [1.54, 1.807) is 12.1 Å². The van der Waals surface area contributed by atoms with Gasteiger partial charge < -0.3 is 14.6 Å². The Kier molecular flexibility index (Phi) is 4.11. The molecule has 120 valence electrons. The number of ether oxygens (including phenoxy) is 2. The van der Waals surface area contributed by atoms with Crippen molar-refractivity contribution in [1.82, 2.24) is 5.06 Å². The van der Waals surface area contributed by atoms with Gasteiger partial charge in [0, 0.05) is 7.11 Å². The summed E-state index contributed by atoms with van der Waals surface area (Å²) < 4.78 is 10.3. The lowest BCUT2D eigenvalue weighted by atomic mass is 10.0. The number of fused-ring (bicyclic) bond motifs is 1. The zero-order chi connectivity index (χ0) is 16.6. The van der Waals surface area contributed by atoms with E-state index in [1.807, 2.05) is 6.07 Å². The molecule has 0 radical (unpaired) electrons. The SMILES string of the molecule is CO[C@@H]1O[C@H](CON2C(=O)c3ccccc3C2=O)C(C#N)[C@H]1O. The predicted molar refractivity (Wildman–Crippen MR) is 73.7 cm³/mol. The standard InChI is InChI=1S/C15H14N2O6/c1-21-15-12(18)10(6-16)11(23-15)7-22-17-13(19)8-4-2-3-5-9(8)14(17)20/h2-5,10-12,15,18H,7H2,1H3/t10?,11-,12-,15-/m1/s1. The van der Waals surface area contributed by atoms with Crippen LogP contribution >= 0.6 is 0 Å². The van der Waals surface area contributed by atoms with E-state index in [4.69, 9.17) is 19.6 Å². The molecule has 0 saturated carbocycles. The summed E-state index contributed by atoms with van der Waals surface area (Å²) in [5.41, 5.74) is 0.521. The van der Waals surface area contributed by atoms with Crippen molar-refractivity contribution in [2.45, 2.75) is 18.5 Å². The Labute approximate surface area is 131 Å². The van der Waals surface area contributed by atoms with Gasteiger partial charge in [0.25, 0.3) is 11.8 Å². The summed E-state index contributed by atoms with van der Waals surface area (Å²) in [5, 5.41) is 19.6. The number of benzene rings is 1. The lowest BCUT2D eigenvalue weighted by molar-refractivity contribution is -0.174. The van der Waals surface area contributed by atoms with Crippen LogP contribution in [0.5, 0.6) is 0 Å². The number of amides is 2. The fourth-order valence-corrected chi connectivity index (χ4v) is 2.66. The predicted octanol–water partition coefficient (Wildman–Crippen LogP) is 0.0862. The Bertz CT molecular complexity index is 650. The van der Waals surface area contributed by atoms with E-state index in [1.165, 1.54) is 19.2 Å². The van der Waals surface area contributed by atoms with Crippen LogP contribution in [-0.4, -0.2) is 54.2 Å². The molecule has 0 aliphatic carbocycles. The van der Waals surface area contributed by atoms with Crippen LogP contribution in [0.25, 0.3) is 0 Å². The first kappa shape index (κ1) is 15.6. The van der Waals surface area contributed by atoms with Crippen LogP contribution in [0.1, 0.15) is 20.7 Å². The fourth-order valence-electron chi connectivity index (χ4n) is 2.66. The van der Waals surface area contributed by atoms with Crippen LogP contribution in [0.3, 0.4) is 0 Å². The zero-order valence-corrected chi connectivity index (χ0v) is 12.2. The van der Waals surface area contributed by atoms with Gasteiger partial charge in [0.15, 0.2) is 6.29 Å². The number of nitriles is 1. The van der Waals surface area contributed by atoms with Gasteiger partial charge in [0.1, 0.15) is 24.7 Å². The molecule has 1 aromatic carbocycles. The number of carbonyl (C=O) groups excluding carboxylic acids is 2. The third-order valence-corrected chi connectivity index (χ3v) is 3.86. The maximum absolute atomic E-state index is 12.1. The molecular weight excluding hydrogens is 304 g/mol. The minimum atomic E-state index is -1.12. The van der Waals surface area contributed by atoms with Crippen molar-refractivity contribution in [3.8, 4) is 6.07 Å². The molecule has 1 unspecified atom stereocenters. The normalized spacial score (nSPS) is 29.7. The summed E-state index contributed by atoms with van der Waals surface area (Å²) in [6, 6.07) is 8.29. The van der Waals surface area contributed by atoms with Crippen LogP contribution in [0.2, 0.25) is 0 Å². The molecule has 1 N–H and O–H groups in total. The van der Waals surface area contributed by atoms with Crippen molar-refractivity contribution in [3.63, 3.8) is 0 Å². The third kappa shape index (κ3) is 2.50. The van der Waals surface area contributed by atoms with Crippen molar-refractivity contribution in [2.24, 2.45) is 5.92 Å². The number of rotatable bonds is 4. The lowest BCUT2D eigenvalue weighted by Crippen LogP contribution is -2.35. The van der Waals surface area contributed by atoms with E-state index >= 15 is 0 Å². The third-order valence-electron chi connectivity index (χ3n) is 3.86. The topological polar surface area (TPSA) is 109 Å². The van der Waals surface area contributed by atoms with Crippen molar-refractivity contribution in [3.05, 3.63) is 35.4 Å². The summed E-state index contributed by atoms with van der Waals surface area (Å²) in [6.07, 6.45) is -2.89. The average molecular weight is 318 g/mol. The van der Waals surface area contributed by atoms with E-state index in [2.05, 4.69) is 0 Å². The monoisotopic (exact) mass is 318 g/mol. The van der Waals surface area contributed by atoms with Gasteiger partial charge >= 0.3 is 0 Å². The molecule has 2 amide bonds. The molecule has 23 heavy (non-hydrogen) atoms. The van der Waals surface area contributed by atoms with Crippen molar-refractivity contribution in [2.75, 3.05) is 13.7 Å². The van der Waals surface area contributed by atoms with Crippen molar-refractivity contribution >= 4 is 11.8 Å². The highest BCUT2D eigenvalue weighted by molar-refractivity contribution is 6.20. The van der Waals surface area contributed by atoms with Gasteiger partial charge in [-0.15, -0.1) is 5.06 Å². The van der Waals surface area contributed by atoms with Crippen LogP contribution in [0.15, 0.2) is 24.3 Å². The van der Waals surface area contributed by atoms with Crippen molar-refractivity contribution in [1.29, 1.82) is 5.26 Å². The van der Waals surface area contributed by atoms with Crippen LogP contribution in [0, 0.1) is 17.2 Å². The molecule has 2 aliphatic rings. The van der Waals surface area contributed by atoms with Crippen LogP contribution in [0.4, 0.5) is 0 Å². The number of hydrogen-bond donors (Lipinski definition) is 1. The van der Waals surface area contributed by atoms with Gasteiger partial charge in [0.2, 0.25) is 0 Å². The Balaban J connectivity index is 1.69. The van der Waals surface area contributed by atoms with Gasteiger partial charge in [-0.3, -0.25) is 14.4 Å². The molecular formula is C15H14N2O6. The number of nitrogens with zero attached hydrogens (tertiary/aromatic N) is 2. The molecule has 3 rings (SSSR count). The molecule has 2 aliphatic heterocycles. The second kappa shape index (κ2) is 6.06. The molecule has 4 atom stereocenters. The Morgan fingerprint density at radius 3 is 2.43 bits per heavy atom. The van der Waals surface area contributed by atoms with Gasteiger partial charge in [-0.2, -0.15) is 5.26 Å². The number of methoxy groups -OCH3 is 1. The molecule has 8 heteroatoms. The first-order chi connectivity index (χ1) is 11.1. The maximum atomic E-state index is 12.1. The second-order valence-electron chi connectivity index (χ2n) is 5.17. The number of carbonyl (C=O) groups is 2. The minimum absolute atomic E-state index is 0.236. The van der Waals surface area contributed by atoms with Gasteiger partial charge in [0.05, 0.1) is 17.2 Å². The fraction of sp³-hybridized carbons (Fsp3) is 0.400. The summed E-state index contributed by atoms with van der Waals surface area (Å²) in [6.45, 7) is -0.236. The summed E-state index contributed by atoms with van der Waals surface area (Å²) in [7, 11) is 1.34. The van der Waals surface area contributed by atoms with E-state index in [-0.39, 0.29) is 17.7 Å². The summed E-state index contributed by atoms with van der Waals surface area (Å²) >= 11 is 0. The molecule has 8 nitrogen and oxygen atoms in total. The van der Waals surface area contributed by atoms with Gasteiger partial charge in [-0.1, -0.05) is 12.1 Å². The number of aliphatic hydroxyl groups is 1. The van der Waals surface area contributed by atoms with E-state index < -0.39 is 36.2 Å². The zero-order valence-electron chi connectivity index (χ0n) is 12.2. The summed E-state index contributed by atoms with van der Waals surface area (Å²) in [5.74, 6) is -2.02. The maximum Gasteiger partial charge on any atom is 0.285 e. The Hall–Kier alpha value is -2.31. The highest BCUT2D eigenvalue weighted by atomic mass is 16.7. The largest absolute Gasteiger partial charge is 0.386 e. The first-order valence-electron chi connectivity index (χ1n) is 6.95. The van der Waals surface area contributed by atoms with Gasteiger partial charge in [-0.05, 0) is 12.1 Å². The highest BCUT2D eigenvalue weighted by Gasteiger charge is 2.45. The smallest absolute Gasteiger partial charge is 0.285 e. The highest BCUT2D eigenvalue weighted by Crippen LogP contribution is 2.29. The minimum Gasteiger partial charge on any atom is -0.386 e. The first-order valence-corrected chi connectivity index (χ1v) is 6.95. The number of hydroxylamine groups is 2. The average Bonchev–Trinajstić information content (AvgIpc) is 3.01. The number of aliphatic hydroxyl groups excluding tert-OH is 1. The molecule has 0 bridgehead atoms. The van der Waals surface area contributed by atoms with E-state index in [0.29, 0.717) is 5.06 Å². The Morgan fingerprint density at radius 1 is 1.30 bits per heavy atom. The lowest BCUT2D eigenvalue weighted by Gasteiger charge is -2.18. The van der Waals surface area contributed by atoms with Crippen LogP contribution in [-0.2, 0) is 14.3 Å². The Morgan fingerprint density at radius 2 is 1.91 bits per heavy atom. The molecule has 1 fully saturated rings. The number of imide groups is 1. The number of hydrogen-bond acceptors (Lipinski definition) is 7. The molecule has 0 spiro atoms. The van der Waals surface area contributed by atoms with Gasteiger partial charge in [-0.25, -0.2) is 0 Å². The molecule has 1 saturated heterocycles. The van der Waals surface area contributed by atoms with E-state index in [9.17, 15) is 14.7 Å². The van der Waals surface area contributed by atoms with Crippen LogP contribution < -0.4 is 0 Å². The quantitative estimate of drug-likeness (QED) is 0.783. The second-order valence-corrected chi connectivity index (χ2v) is 5.17. The van der Waals surface area contributed by atoms with E-state index in [0.717, 1.165) is 0 Å². The summed E-state index contributed by atoms with van der Waals surface area (Å²) in [4.78, 5) is 29.6. The molecule has 1 aromatic rings.